The molecule has 0 radical (unpaired) electrons. The lowest BCUT2D eigenvalue weighted by Gasteiger charge is -2.36. The van der Waals surface area contributed by atoms with Gasteiger partial charge in [-0.05, 0) is 70.8 Å². The topological polar surface area (TPSA) is 41.6 Å². The molecule has 1 N–H and O–H groups in total. The zero-order chi connectivity index (χ0) is 16.3. The summed E-state index contributed by atoms with van der Waals surface area (Å²) in [6.07, 6.45) is 1.53. The van der Waals surface area contributed by atoms with Gasteiger partial charge in [-0.2, -0.15) is 0 Å². The summed E-state index contributed by atoms with van der Waals surface area (Å²) in [6, 6.07) is 4.51. The summed E-state index contributed by atoms with van der Waals surface area (Å²) in [5.74, 6) is -0.299. The van der Waals surface area contributed by atoms with E-state index in [9.17, 15) is 9.18 Å². The third kappa shape index (κ3) is 4.19. The third-order valence-electron chi connectivity index (χ3n) is 3.64. The molecule has 0 spiro atoms. The number of hydrogen-bond donors (Lipinski definition) is 1. The van der Waals surface area contributed by atoms with Crippen molar-refractivity contribution >= 4 is 11.8 Å². The predicted molar refractivity (Wildman–Crippen MR) is 85.7 cm³/mol. The number of anilines is 1. The standard InChI is InChI=1S/C17H25FN2O2/c1-12-10-13(18)7-8-15(12)20(14-6-5-9-19-11-14)16(21)22-17(2,3)4/h7-8,10,14,19H,5-6,9,11H2,1-4H3. The highest BCUT2D eigenvalue weighted by Crippen LogP contribution is 2.27. The molecule has 1 unspecified atom stereocenters. The van der Waals surface area contributed by atoms with Crippen LogP contribution in [0.3, 0.4) is 0 Å². The molecule has 1 aliphatic heterocycles. The zero-order valence-electron chi connectivity index (χ0n) is 13.8. The molecule has 1 aliphatic rings. The number of halogens is 1. The van der Waals surface area contributed by atoms with E-state index < -0.39 is 5.60 Å². The number of ether oxygens (including phenoxy) is 1. The molecule has 0 aliphatic carbocycles. The van der Waals surface area contributed by atoms with Gasteiger partial charge in [0.1, 0.15) is 11.4 Å². The lowest BCUT2D eigenvalue weighted by atomic mass is 10.0. The molecule has 4 nitrogen and oxygen atoms in total. The Morgan fingerprint density at radius 1 is 1.41 bits per heavy atom. The van der Waals surface area contributed by atoms with Crippen molar-refractivity contribution in [1.82, 2.24) is 5.32 Å². The summed E-state index contributed by atoms with van der Waals surface area (Å²) in [4.78, 5) is 14.4. The number of nitrogens with zero attached hydrogens (tertiary/aromatic N) is 1. The van der Waals surface area contributed by atoms with Crippen molar-refractivity contribution < 1.29 is 13.9 Å². The molecule has 2 rings (SSSR count). The second-order valence-corrected chi connectivity index (χ2v) is 6.78. The van der Waals surface area contributed by atoms with Crippen molar-refractivity contribution in [1.29, 1.82) is 0 Å². The van der Waals surface area contributed by atoms with Crippen molar-refractivity contribution in [3.63, 3.8) is 0 Å². The molecule has 1 saturated heterocycles. The summed E-state index contributed by atoms with van der Waals surface area (Å²) in [5, 5.41) is 3.31. The molecular formula is C17H25FN2O2. The number of carbonyl (C=O) groups excluding carboxylic acids is 1. The Kier molecular flexibility index (Phi) is 5.06. The SMILES string of the molecule is Cc1cc(F)ccc1N(C(=O)OC(C)(C)C)C1CCCNC1. The van der Waals surface area contributed by atoms with E-state index >= 15 is 0 Å². The monoisotopic (exact) mass is 308 g/mol. The van der Waals surface area contributed by atoms with Gasteiger partial charge in [0.05, 0.1) is 11.7 Å². The van der Waals surface area contributed by atoms with Gasteiger partial charge in [-0.1, -0.05) is 0 Å². The lowest BCUT2D eigenvalue weighted by Crippen LogP contribution is -2.50. The van der Waals surface area contributed by atoms with Gasteiger partial charge in [-0.15, -0.1) is 0 Å². The van der Waals surface area contributed by atoms with Gasteiger partial charge in [-0.3, -0.25) is 4.90 Å². The van der Waals surface area contributed by atoms with Crippen LogP contribution in [0.15, 0.2) is 18.2 Å². The van der Waals surface area contributed by atoms with E-state index in [1.54, 1.807) is 11.0 Å². The number of hydrogen-bond acceptors (Lipinski definition) is 3. The maximum atomic E-state index is 13.4. The first kappa shape index (κ1) is 16.7. The van der Waals surface area contributed by atoms with E-state index in [-0.39, 0.29) is 18.0 Å². The molecule has 0 aromatic heterocycles. The third-order valence-corrected chi connectivity index (χ3v) is 3.64. The summed E-state index contributed by atoms with van der Waals surface area (Å²) in [6.45, 7) is 9.03. The smallest absolute Gasteiger partial charge is 0.415 e. The average Bonchev–Trinajstić information content (AvgIpc) is 2.41. The number of nitrogens with one attached hydrogen (secondary N) is 1. The van der Waals surface area contributed by atoms with Crippen LogP contribution in [0.25, 0.3) is 0 Å². The number of benzene rings is 1. The maximum Gasteiger partial charge on any atom is 0.415 e. The maximum absolute atomic E-state index is 13.4. The normalized spacial score (nSPS) is 18.9. The van der Waals surface area contributed by atoms with Crippen molar-refractivity contribution in [3.05, 3.63) is 29.6 Å². The van der Waals surface area contributed by atoms with Crippen LogP contribution in [0.2, 0.25) is 0 Å². The van der Waals surface area contributed by atoms with Gasteiger partial charge in [0.25, 0.3) is 0 Å². The second kappa shape index (κ2) is 6.65. The second-order valence-electron chi connectivity index (χ2n) is 6.78. The average molecular weight is 308 g/mol. The first-order valence-electron chi connectivity index (χ1n) is 7.77. The number of rotatable bonds is 2. The highest BCUT2D eigenvalue weighted by atomic mass is 19.1. The van der Waals surface area contributed by atoms with Gasteiger partial charge < -0.3 is 10.1 Å². The number of amides is 1. The molecule has 0 saturated carbocycles. The van der Waals surface area contributed by atoms with Crippen LogP contribution in [0.1, 0.15) is 39.2 Å². The summed E-state index contributed by atoms with van der Waals surface area (Å²) < 4.78 is 18.9. The van der Waals surface area contributed by atoms with E-state index in [4.69, 9.17) is 4.74 Å². The largest absolute Gasteiger partial charge is 0.443 e. The Morgan fingerprint density at radius 2 is 2.14 bits per heavy atom. The van der Waals surface area contributed by atoms with Gasteiger partial charge in [0.15, 0.2) is 0 Å². The molecule has 1 fully saturated rings. The highest BCUT2D eigenvalue weighted by Gasteiger charge is 2.31. The molecule has 1 aromatic rings. The molecule has 5 heteroatoms. The van der Waals surface area contributed by atoms with E-state index in [0.717, 1.165) is 31.5 Å². The Labute approximate surface area is 131 Å². The summed E-state index contributed by atoms with van der Waals surface area (Å²) in [7, 11) is 0. The first-order valence-corrected chi connectivity index (χ1v) is 7.77. The van der Waals surface area contributed by atoms with Gasteiger partial charge >= 0.3 is 6.09 Å². The lowest BCUT2D eigenvalue weighted by molar-refractivity contribution is 0.0560. The van der Waals surface area contributed by atoms with Crippen molar-refractivity contribution in [3.8, 4) is 0 Å². The Bertz CT molecular complexity index is 534. The number of aryl methyl sites for hydroxylation is 1. The fourth-order valence-electron chi connectivity index (χ4n) is 2.70. The quantitative estimate of drug-likeness (QED) is 0.907. The minimum atomic E-state index is -0.564. The van der Waals surface area contributed by atoms with Crippen molar-refractivity contribution in [2.45, 2.75) is 52.2 Å². The zero-order valence-corrected chi connectivity index (χ0v) is 13.8. The molecule has 122 valence electrons. The predicted octanol–water partition coefficient (Wildman–Crippen LogP) is 3.63. The van der Waals surface area contributed by atoms with Crippen LogP contribution in [0.5, 0.6) is 0 Å². The fraction of sp³-hybridized carbons (Fsp3) is 0.588. The number of piperidine rings is 1. The molecule has 1 aromatic carbocycles. The first-order chi connectivity index (χ1) is 10.3. The van der Waals surface area contributed by atoms with Crippen LogP contribution in [-0.4, -0.2) is 30.8 Å². The molecule has 22 heavy (non-hydrogen) atoms. The molecular weight excluding hydrogens is 283 g/mol. The molecule has 1 amide bonds. The van der Waals surface area contributed by atoms with E-state index in [1.165, 1.54) is 12.1 Å². The van der Waals surface area contributed by atoms with Gasteiger partial charge in [0, 0.05) is 6.54 Å². The Balaban J connectivity index is 2.33. The van der Waals surface area contributed by atoms with Crippen LogP contribution >= 0.6 is 0 Å². The molecule has 1 heterocycles. The van der Waals surface area contributed by atoms with Crippen LogP contribution in [-0.2, 0) is 4.74 Å². The van der Waals surface area contributed by atoms with E-state index in [2.05, 4.69) is 5.32 Å². The van der Waals surface area contributed by atoms with Crippen molar-refractivity contribution in [2.24, 2.45) is 0 Å². The Hall–Kier alpha value is -1.62. The minimum Gasteiger partial charge on any atom is -0.443 e. The van der Waals surface area contributed by atoms with Crippen LogP contribution < -0.4 is 10.2 Å². The highest BCUT2D eigenvalue weighted by molar-refractivity contribution is 5.89. The number of carbonyl (C=O) groups is 1. The van der Waals surface area contributed by atoms with Crippen molar-refractivity contribution in [2.75, 3.05) is 18.0 Å². The molecule has 1 atom stereocenters. The Morgan fingerprint density at radius 3 is 2.68 bits per heavy atom. The van der Waals surface area contributed by atoms with E-state index in [0.29, 0.717) is 5.69 Å². The summed E-state index contributed by atoms with van der Waals surface area (Å²) >= 11 is 0. The van der Waals surface area contributed by atoms with Crippen LogP contribution in [0.4, 0.5) is 14.9 Å². The fourth-order valence-corrected chi connectivity index (χ4v) is 2.70. The summed E-state index contributed by atoms with van der Waals surface area (Å²) in [5.41, 5.74) is 0.881. The minimum absolute atomic E-state index is 0.0211. The van der Waals surface area contributed by atoms with Gasteiger partial charge in [-0.25, -0.2) is 9.18 Å². The van der Waals surface area contributed by atoms with Crippen LogP contribution in [0, 0.1) is 12.7 Å². The van der Waals surface area contributed by atoms with Gasteiger partial charge in [0.2, 0.25) is 0 Å². The molecule has 0 bridgehead atoms. The van der Waals surface area contributed by atoms with E-state index in [1.807, 2.05) is 27.7 Å².